The highest BCUT2D eigenvalue weighted by Gasteiger charge is 2.71. The van der Waals surface area contributed by atoms with Crippen molar-refractivity contribution >= 4 is 34.8 Å². The Morgan fingerprint density at radius 2 is 1.76 bits per heavy atom. The fourth-order valence-electron chi connectivity index (χ4n) is 2.98. The molecule has 0 aliphatic heterocycles. The summed E-state index contributed by atoms with van der Waals surface area (Å²) in [6.07, 6.45) is 0. The smallest absolute Gasteiger partial charge is 0.230 e. The Kier molecular flexibility index (Phi) is 4.39. The number of hydrogen-bond acceptors (Lipinski definition) is 3. The van der Waals surface area contributed by atoms with Crippen LogP contribution in [-0.2, 0) is 4.79 Å². The van der Waals surface area contributed by atoms with Gasteiger partial charge in [-0.1, -0.05) is 29.3 Å². The minimum Gasteiger partial charge on any atom is -0.326 e. The van der Waals surface area contributed by atoms with Gasteiger partial charge in [-0.15, -0.1) is 0 Å². The number of rotatable bonds is 3. The van der Waals surface area contributed by atoms with Crippen molar-refractivity contribution in [2.45, 2.75) is 5.92 Å². The number of nitrogens with zero attached hydrogens (tertiary/aromatic N) is 2. The zero-order valence-electron chi connectivity index (χ0n) is 12.6. The molecule has 0 saturated heterocycles. The molecule has 2 aromatic carbocycles. The van der Waals surface area contributed by atoms with Gasteiger partial charge in [-0.25, -0.2) is 4.39 Å². The van der Waals surface area contributed by atoms with Crippen LogP contribution < -0.4 is 5.32 Å². The zero-order chi connectivity index (χ0) is 18.2. The lowest BCUT2D eigenvalue weighted by molar-refractivity contribution is -0.117. The van der Waals surface area contributed by atoms with Crippen LogP contribution in [0, 0.1) is 39.8 Å². The van der Waals surface area contributed by atoms with E-state index in [9.17, 15) is 19.7 Å². The van der Waals surface area contributed by atoms with Crippen molar-refractivity contribution in [1.29, 1.82) is 10.5 Å². The lowest BCUT2D eigenvalue weighted by atomic mass is 10.0. The van der Waals surface area contributed by atoms with Crippen molar-refractivity contribution < 1.29 is 9.18 Å². The van der Waals surface area contributed by atoms with Crippen LogP contribution in [0.5, 0.6) is 0 Å². The van der Waals surface area contributed by atoms with Gasteiger partial charge in [0.1, 0.15) is 5.82 Å². The number of benzene rings is 2. The number of hydrogen-bond donors (Lipinski definition) is 1. The van der Waals surface area contributed by atoms with Crippen molar-refractivity contribution in [3.8, 4) is 12.1 Å². The van der Waals surface area contributed by atoms with E-state index in [1.165, 1.54) is 30.3 Å². The molecule has 0 unspecified atom stereocenters. The quantitative estimate of drug-likeness (QED) is 0.858. The molecular weight excluding hydrogens is 364 g/mol. The number of nitriles is 2. The fourth-order valence-corrected chi connectivity index (χ4v) is 3.51. The molecule has 1 N–H and O–H groups in total. The number of nitrogens with one attached hydrogen (secondary N) is 1. The van der Waals surface area contributed by atoms with Crippen LogP contribution in [0.3, 0.4) is 0 Å². The number of carbonyl (C=O) groups is 1. The third-order valence-corrected chi connectivity index (χ3v) is 4.83. The molecule has 0 spiro atoms. The molecule has 0 radical (unpaired) electrons. The minimum atomic E-state index is -1.50. The molecule has 0 heterocycles. The summed E-state index contributed by atoms with van der Waals surface area (Å²) >= 11 is 12.1. The Hall–Kier alpha value is -2.60. The molecule has 0 bridgehead atoms. The van der Waals surface area contributed by atoms with Gasteiger partial charge in [0.2, 0.25) is 5.91 Å². The van der Waals surface area contributed by atoms with E-state index < -0.39 is 29.0 Å². The lowest BCUT2D eigenvalue weighted by Gasteiger charge is -2.05. The van der Waals surface area contributed by atoms with Crippen molar-refractivity contribution in [2.24, 2.45) is 11.3 Å². The Balaban J connectivity index is 1.91. The lowest BCUT2D eigenvalue weighted by Crippen LogP contribution is -2.17. The highest BCUT2D eigenvalue weighted by molar-refractivity contribution is 6.35. The Bertz CT molecular complexity index is 917. The van der Waals surface area contributed by atoms with Crippen LogP contribution in [0.1, 0.15) is 11.5 Å². The maximum absolute atomic E-state index is 13.0. The summed E-state index contributed by atoms with van der Waals surface area (Å²) in [6.45, 7) is 0. The highest BCUT2D eigenvalue weighted by Crippen LogP contribution is 2.65. The Labute approximate surface area is 153 Å². The van der Waals surface area contributed by atoms with E-state index >= 15 is 0 Å². The van der Waals surface area contributed by atoms with Gasteiger partial charge in [0, 0.05) is 21.7 Å². The third-order valence-electron chi connectivity index (χ3n) is 4.27. The van der Waals surface area contributed by atoms with Crippen LogP contribution in [0.4, 0.5) is 10.1 Å². The van der Waals surface area contributed by atoms with Crippen molar-refractivity contribution in [1.82, 2.24) is 0 Å². The highest BCUT2D eigenvalue weighted by atomic mass is 35.5. The van der Waals surface area contributed by atoms with Gasteiger partial charge in [-0.3, -0.25) is 4.79 Å². The molecular formula is C18H10Cl2FN3O. The van der Waals surface area contributed by atoms with E-state index in [1.807, 2.05) is 12.1 Å². The second-order valence-corrected chi connectivity index (χ2v) is 6.55. The Morgan fingerprint density at radius 3 is 2.32 bits per heavy atom. The third kappa shape index (κ3) is 2.93. The average Bonchev–Trinajstić information content (AvgIpc) is 3.26. The van der Waals surface area contributed by atoms with Crippen molar-refractivity contribution in [2.75, 3.05) is 5.32 Å². The molecule has 2 atom stereocenters. The first-order valence-corrected chi connectivity index (χ1v) is 8.02. The zero-order valence-corrected chi connectivity index (χ0v) is 14.1. The van der Waals surface area contributed by atoms with E-state index in [1.54, 1.807) is 12.1 Å². The first-order chi connectivity index (χ1) is 11.9. The van der Waals surface area contributed by atoms with Crippen molar-refractivity contribution in [3.63, 3.8) is 0 Å². The second-order valence-electron chi connectivity index (χ2n) is 5.71. The molecule has 1 aliphatic rings. The maximum Gasteiger partial charge on any atom is 0.230 e. The van der Waals surface area contributed by atoms with Crippen LogP contribution in [0.2, 0.25) is 10.0 Å². The summed E-state index contributed by atoms with van der Waals surface area (Å²) in [5.74, 6) is -2.47. The summed E-state index contributed by atoms with van der Waals surface area (Å²) in [6, 6.07) is 13.8. The summed E-state index contributed by atoms with van der Waals surface area (Å²) in [4.78, 5) is 12.6. The van der Waals surface area contributed by atoms with Gasteiger partial charge in [-0.05, 0) is 42.0 Å². The van der Waals surface area contributed by atoms with E-state index in [0.29, 0.717) is 21.3 Å². The fraction of sp³-hybridized carbons (Fsp3) is 0.167. The van der Waals surface area contributed by atoms with Crippen LogP contribution >= 0.6 is 23.2 Å². The normalized spacial score (nSPS) is 20.2. The van der Waals surface area contributed by atoms with Gasteiger partial charge in [-0.2, -0.15) is 10.5 Å². The summed E-state index contributed by atoms with van der Waals surface area (Å²) in [5, 5.41) is 22.3. The minimum absolute atomic E-state index is 0.296. The monoisotopic (exact) mass is 373 g/mol. The van der Waals surface area contributed by atoms with E-state index in [2.05, 4.69) is 5.32 Å². The molecule has 124 valence electrons. The van der Waals surface area contributed by atoms with Gasteiger partial charge in [0.05, 0.1) is 18.1 Å². The standard InChI is InChI=1S/C18H10Cl2FN3O/c19-10-1-6-13(14(20)7-10)15-16(18(15,8-22)9-23)17(25)24-12-4-2-11(21)3-5-12/h1-7,15-16H,(H,24,25)/t15-,16+/m1/s1. The first kappa shape index (κ1) is 17.2. The molecule has 2 aromatic rings. The molecule has 1 aliphatic carbocycles. The van der Waals surface area contributed by atoms with Crippen LogP contribution in [0.25, 0.3) is 0 Å². The Morgan fingerprint density at radius 1 is 1.12 bits per heavy atom. The van der Waals surface area contributed by atoms with Gasteiger partial charge < -0.3 is 5.32 Å². The number of halogens is 3. The molecule has 7 heteroatoms. The van der Waals surface area contributed by atoms with Crippen molar-refractivity contribution in [3.05, 3.63) is 63.9 Å². The van der Waals surface area contributed by atoms with E-state index in [0.717, 1.165) is 0 Å². The molecule has 1 fully saturated rings. The average molecular weight is 374 g/mol. The molecule has 0 aromatic heterocycles. The summed E-state index contributed by atoms with van der Waals surface area (Å²) in [7, 11) is 0. The maximum atomic E-state index is 13.0. The first-order valence-electron chi connectivity index (χ1n) is 7.27. The van der Waals surface area contributed by atoms with Gasteiger partial charge in [0.15, 0.2) is 5.41 Å². The van der Waals surface area contributed by atoms with Crippen LogP contribution in [-0.4, -0.2) is 5.91 Å². The summed E-state index contributed by atoms with van der Waals surface area (Å²) in [5.41, 5.74) is -0.598. The number of carbonyl (C=O) groups excluding carboxylic acids is 1. The number of anilines is 1. The largest absolute Gasteiger partial charge is 0.326 e. The predicted molar refractivity (Wildman–Crippen MR) is 91.4 cm³/mol. The molecule has 3 rings (SSSR count). The summed E-state index contributed by atoms with van der Waals surface area (Å²) < 4.78 is 13.0. The van der Waals surface area contributed by atoms with Gasteiger partial charge >= 0.3 is 0 Å². The van der Waals surface area contributed by atoms with E-state index in [-0.39, 0.29) is 0 Å². The number of amides is 1. The predicted octanol–water partition coefficient (Wildman–Crippen LogP) is 4.52. The van der Waals surface area contributed by atoms with E-state index in [4.69, 9.17) is 23.2 Å². The molecule has 4 nitrogen and oxygen atoms in total. The molecule has 1 saturated carbocycles. The second kappa shape index (κ2) is 6.37. The van der Waals surface area contributed by atoms with Gasteiger partial charge in [0.25, 0.3) is 0 Å². The SMILES string of the molecule is N#CC1(C#N)[C@H](C(=O)Nc2ccc(F)cc2)[C@H]1c1ccc(Cl)cc1Cl. The molecule has 1 amide bonds. The van der Waals surface area contributed by atoms with Crippen LogP contribution in [0.15, 0.2) is 42.5 Å². The molecule has 25 heavy (non-hydrogen) atoms. The topological polar surface area (TPSA) is 76.7 Å².